The van der Waals surface area contributed by atoms with Crippen molar-refractivity contribution in [3.63, 3.8) is 0 Å². The molecule has 4 heteroatoms. The number of nitrogens with zero attached hydrogens (tertiary/aromatic N) is 1. The quantitative estimate of drug-likeness (QED) is 0.818. The third-order valence-electron chi connectivity index (χ3n) is 3.69. The second-order valence-corrected chi connectivity index (χ2v) is 7.09. The van der Waals surface area contributed by atoms with E-state index in [4.69, 9.17) is 4.74 Å². The van der Waals surface area contributed by atoms with Crippen molar-refractivity contribution in [3.8, 4) is 0 Å². The van der Waals surface area contributed by atoms with E-state index in [-0.39, 0.29) is 6.09 Å². The van der Waals surface area contributed by atoms with Crippen molar-refractivity contribution < 1.29 is 9.53 Å². The van der Waals surface area contributed by atoms with Crippen molar-refractivity contribution in [2.75, 3.05) is 20.1 Å². The lowest BCUT2D eigenvalue weighted by Gasteiger charge is -2.24. The van der Waals surface area contributed by atoms with Crippen LogP contribution in [0.2, 0.25) is 0 Å². The number of hydrogen-bond acceptors (Lipinski definition) is 3. The van der Waals surface area contributed by atoms with Crippen LogP contribution in [-0.4, -0.2) is 36.7 Å². The summed E-state index contributed by atoms with van der Waals surface area (Å²) < 4.78 is 5.32. The first kappa shape index (κ1) is 16.8. The zero-order chi connectivity index (χ0) is 16.2. The van der Waals surface area contributed by atoms with Crippen molar-refractivity contribution in [2.24, 2.45) is 0 Å². The second-order valence-electron chi connectivity index (χ2n) is 7.09. The minimum absolute atomic E-state index is 0.275. The van der Waals surface area contributed by atoms with Gasteiger partial charge in [0.25, 0.3) is 0 Å². The molecule has 1 amide bonds. The van der Waals surface area contributed by atoms with Crippen LogP contribution in [0.5, 0.6) is 0 Å². The Morgan fingerprint density at radius 1 is 1.27 bits per heavy atom. The number of likely N-dealkylation sites (N-methyl/N-ethyl adjacent to an activating group) is 1. The van der Waals surface area contributed by atoms with Gasteiger partial charge in [0.2, 0.25) is 0 Å². The lowest BCUT2D eigenvalue weighted by molar-refractivity contribution is 0.0300. The van der Waals surface area contributed by atoms with Crippen molar-refractivity contribution >= 4 is 6.09 Å². The highest BCUT2D eigenvalue weighted by atomic mass is 16.6. The molecule has 1 aromatic rings. The van der Waals surface area contributed by atoms with Gasteiger partial charge in [-0.05, 0) is 50.7 Å². The molecule has 1 saturated carbocycles. The van der Waals surface area contributed by atoms with Crippen molar-refractivity contribution in [1.29, 1.82) is 0 Å². The molecule has 0 unspecified atom stereocenters. The van der Waals surface area contributed by atoms with Crippen LogP contribution in [0.3, 0.4) is 0 Å². The van der Waals surface area contributed by atoms with Crippen LogP contribution in [-0.2, 0) is 11.3 Å². The smallest absolute Gasteiger partial charge is 0.410 e. The number of nitrogens with one attached hydrogen (secondary N) is 1. The molecule has 1 aromatic carbocycles. The fraction of sp³-hybridized carbons (Fsp3) is 0.611. The third kappa shape index (κ3) is 5.68. The summed E-state index contributed by atoms with van der Waals surface area (Å²) in [4.78, 5) is 13.4. The highest BCUT2D eigenvalue weighted by Gasteiger charge is 2.22. The topological polar surface area (TPSA) is 41.6 Å². The monoisotopic (exact) mass is 304 g/mol. The highest BCUT2D eigenvalue weighted by Crippen LogP contribution is 2.39. The molecule has 1 aliphatic rings. The molecule has 0 aromatic heterocycles. The Morgan fingerprint density at radius 2 is 1.91 bits per heavy atom. The van der Waals surface area contributed by atoms with E-state index in [9.17, 15) is 4.79 Å². The average Bonchev–Trinajstić information content (AvgIpc) is 3.26. The van der Waals surface area contributed by atoms with Crippen molar-refractivity contribution in [1.82, 2.24) is 10.2 Å². The van der Waals surface area contributed by atoms with Crippen LogP contribution >= 0.6 is 0 Å². The highest BCUT2D eigenvalue weighted by molar-refractivity contribution is 5.67. The van der Waals surface area contributed by atoms with Gasteiger partial charge in [-0.25, -0.2) is 4.79 Å². The van der Waals surface area contributed by atoms with E-state index >= 15 is 0 Å². The molecule has 0 atom stereocenters. The minimum atomic E-state index is -0.442. The lowest BCUT2D eigenvalue weighted by Crippen LogP contribution is -2.37. The summed E-state index contributed by atoms with van der Waals surface area (Å²) in [6.45, 7) is 7.84. The fourth-order valence-electron chi connectivity index (χ4n) is 2.23. The number of ether oxygens (including phenoxy) is 1. The number of carbonyl (C=O) groups is 1. The molecule has 0 radical (unpaired) electrons. The van der Waals surface area contributed by atoms with Gasteiger partial charge in [-0.15, -0.1) is 0 Å². The molecule has 0 aliphatic heterocycles. The van der Waals surface area contributed by atoms with E-state index in [0.29, 0.717) is 6.54 Å². The Morgan fingerprint density at radius 3 is 2.45 bits per heavy atom. The maximum atomic E-state index is 11.8. The maximum absolute atomic E-state index is 11.8. The molecule has 22 heavy (non-hydrogen) atoms. The molecule has 0 spiro atoms. The van der Waals surface area contributed by atoms with E-state index < -0.39 is 5.60 Å². The number of hydrogen-bond donors (Lipinski definition) is 1. The Bertz CT molecular complexity index is 487. The van der Waals surface area contributed by atoms with Crippen molar-refractivity contribution in [2.45, 2.75) is 51.7 Å². The Balaban J connectivity index is 1.64. The van der Waals surface area contributed by atoms with Crippen LogP contribution in [0.1, 0.15) is 50.7 Å². The van der Waals surface area contributed by atoms with Crippen molar-refractivity contribution in [3.05, 3.63) is 35.4 Å². The molecule has 2 rings (SSSR count). The number of rotatable bonds is 6. The SMILES string of the molecule is CN(CCNCc1ccc(C2CC2)cc1)C(=O)OC(C)(C)C. The predicted octanol–water partition coefficient (Wildman–Crippen LogP) is 3.52. The Kier molecular flexibility index (Phi) is 5.46. The van der Waals surface area contributed by atoms with Gasteiger partial charge < -0.3 is 15.0 Å². The molecule has 1 fully saturated rings. The standard InChI is InChI=1S/C18H28N2O2/c1-18(2,3)22-17(21)20(4)12-11-19-13-14-5-7-15(8-6-14)16-9-10-16/h5-8,16,19H,9-13H2,1-4H3. The van der Waals surface area contributed by atoms with E-state index in [1.165, 1.54) is 24.0 Å². The lowest BCUT2D eigenvalue weighted by atomic mass is 10.1. The van der Waals surface area contributed by atoms with E-state index in [1.807, 2.05) is 20.8 Å². The molecular weight excluding hydrogens is 276 g/mol. The van der Waals surface area contributed by atoms with Crippen LogP contribution in [0.15, 0.2) is 24.3 Å². The largest absolute Gasteiger partial charge is 0.444 e. The molecule has 0 saturated heterocycles. The van der Waals surface area contributed by atoms with Crippen LogP contribution in [0.4, 0.5) is 4.79 Å². The van der Waals surface area contributed by atoms with E-state index in [2.05, 4.69) is 29.6 Å². The summed E-state index contributed by atoms with van der Waals surface area (Å²) >= 11 is 0. The molecule has 4 nitrogen and oxygen atoms in total. The Labute approximate surface area is 133 Å². The first-order chi connectivity index (χ1) is 10.3. The van der Waals surface area contributed by atoms with Gasteiger partial charge in [0.15, 0.2) is 0 Å². The van der Waals surface area contributed by atoms with Crippen LogP contribution < -0.4 is 5.32 Å². The molecule has 122 valence electrons. The minimum Gasteiger partial charge on any atom is -0.444 e. The summed E-state index contributed by atoms with van der Waals surface area (Å²) in [5.41, 5.74) is 2.31. The van der Waals surface area contributed by atoms with Gasteiger partial charge in [0.1, 0.15) is 5.60 Å². The summed E-state index contributed by atoms with van der Waals surface area (Å²) in [7, 11) is 1.76. The van der Waals surface area contributed by atoms with Gasteiger partial charge in [0.05, 0.1) is 0 Å². The first-order valence-corrected chi connectivity index (χ1v) is 8.09. The summed E-state index contributed by atoms with van der Waals surface area (Å²) in [5, 5.41) is 3.37. The first-order valence-electron chi connectivity index (χ1n) is 8.09. The van der Waals surface area contributed by atoms with Gasteiger partial charge in [0, 0.05) is 26.7 Å². The summed E-state index contributed by atoms with van der Waals surface area (Å²) in [6.07, 6.45) is 2.41. The van der Waals surface area contributed by atoms with Crippen LogP contribution in [0.25, 0.3) is 0 Å². The summed E-state index contributed by atoms with van der Waals surface area (Å²) in [5.74, 6) is 0.810. The van der Waals surface area contributed by atoms with E-state index in [1.54, 1.807) is 11.9 Å². The zero-order valence-electron chi connectivity index (χ0n) is 14.2. The van der Waals surface area contributed by atoms with E-state index in [0.717, 1.165) is 19.0 Å². The average molecular weight is 304 g/mol. The normalized spacial score (nSPS) is 14.7. The Hall–Kier alpha value is -1.55. The van der Waals surface area contributed by atoms with Gasteiger partial charge >= 0.3 is 6.09 Å². The second kappa shape index (κ2) is 7.14. The molecule has 1 N–H and O–H groups in total. The molecular formula is C18H28N2O2. The van der Waals surface area contributed by atoms with Gasteiger partial charge in [-0.2, -0.15) is 0 Å². The number of amides is 1. The van der Waals surface area contributed by atoms with Gasteiger partial charge in [-0.3, -0.25) is 0 Å². The van der Waals surface area contributed by atoms with Gasteiger partial charge in [-0.1, -0.05) is 24.3 Å². The molecule has 1 aliphatic carbocycles. The molecule has 0 bridgehead atoms. The predicted molar refractivity (Wildman–Crippen MR) is 89.0 cm³/mol. The summed E-state index contributed by atoms with van der Waals surface area (Å²) in [6, 6.07) is 8.86. The zero-order valence-corrected chi connectivity index (χ0v) is 14.2. The maximum Gasteiger partial charge on any atom is 0.410 e. The number of carbonyl (C=O) groups excluding carboxylic acids is 1. The third-order valence-corrected chi connectivity index (χ3v) is 3.69. The molecule has 0 heterocycles. The fourth-order valence-corrected chi connectivity index (χ4v) is 2.23. The number of benzene rings is 1. The van der Waals surface area contributed by atoms with Crippen LogP contribution in [0, 0.1) is 0 Å².